The normalized spacial score (nSPS) is 12.8. The number of fused-ring (bicyclic) bond motifs is 3. The van der Waals surface area contributed by atoms with Gasteiger partial charge in [0.1, 0.15) is 19.0 Å². The summed E-state index contributed by atoms with van der Waals surface area (Å²) in [5.41, 5.74) is 6.59. The molecule has 1 aliphatic heterocycles. The van der Waals surface area contributed by atoms with Crippen LogP contribution >= 0.6 is 0 Å². The Morgan fingerprint density at radius 1 is 0.970 bits per heavy atom. The van der Waals surface area contributed by atoms with Gasteiger partial charge in [0.2, 0.25) is 5.75 Å². The molecule has 0 aliphatic carbocycles. The number of halogens is 1. The number of rotatable bonds is 10. The zero-order valence-electron chi connectivity index (χ0n) is 19.1. The number of nitrogens with two attached hydrogens (primary N) is 1. The number of pyridine rings is 1. The molecule has 0 spiro atoms. The van der Waals surface area contributed by atoms with Gasteiger partial charge in [0.05, 0.1) is 17.5 Å². The summed E-state index contributed by atoms with van der Waals surface area (Å²) < 4.78 is 38.1. The molecular formula is C25H30FN3O4. The number of nitrogen functional groups attached to an aromatic ring is 1. The molecule has 176 valence electrons. The summed E-state index contributed by atoms with van der Waals surface area (Å²) in [5.74, 6) is 1.55. The zero-order valence-corrected chi connectivity index (χ0v) is 19.1. The summed E-state index contributed by atoms with van der Waals surface area (Å²) in [6.07, 6.45) is 6.01. The summed E-state index contributed by atoms with van der Waals surface area (Å²) in [6.45, 7) is 2.49. The minimum absolute atomic E-state index is 0.0665. The maximum Gasteiger partial charge on any atom is 0.204 e. The fourth-order valence-electron chi connectivity index (χ4n) is 3.75. The van der Waals surface area contributed by atoms with Gasteiger partial charge in [-0.05, 0) is 51.7 Å². The van der Waals surface area contributed by atoms with Crippen LogP contribution in [0.1, 0.15) is 25.7 Å². The average molecular weight is 456 g/mol. The Bertz CT molecular complexity index is 1110. The minimum atomic E-state index is -0.545. The van der Waals surface area contributed by atoms with E-state index >= 15 is 0 Å². The first kappa shape index (κ1) is 22.9. The van der Waals surface area contributed by atoms with Crippen LogP contribution in [0, 0.1) is 5.82 Å². The van der Waals surface area contributed by atoms with Crippen LogP contribution in [0.2, 0.25) is 0 Å². The number of hydrogen-bond donors (Lipinski definition) is 1. The smallest absolute Gasteiger partial charge is 0.204 e. The monoisotopic (exact) mass is 455 g/mol. The molecule has 0 unspecified atom stereocenters. The fourth-order valence-corrected chi connectivity index (χ4v) is 3.75. The van der Waals surface area contributed by atoms with E-state index in [0.717, 1.165) is 19.4 Å². The highest BCUT2D eigenvalue weighted by molar-refractivity contribution is 5.95. The van der Waals surface area contributed by atoms with Crippen molar-refractivity contribution in [3.63, 3.8) is 0 Å². The summed E-state index contributed by atoms with van der Waals surface area (Å²) >= 11 is 0. The quantitative estimate of drug-likeness (QED) is 0.340. The molecule has 0 saturated heterocycles. The molecule has 2 aromatic carbocycles. The van der Waals surface area contributed by atoms with Gasteiger partial charge in [-0.3, -0.25) is 4.98 Å². The number of unbranched alkanes of at least 4 members (excludes halogenated alkanes) is 3. The summed E-state index contributed by atoms with van der Waals surface area (Å²) in [6, 6.07) is 7.80. The molecule has 33 heavy (non-hydrogen) atoms. The van der Waals surface area contributed by atoms with Gasteiger partial charge in [-0.1, -0.05) is 12.8 Å². The van der Waals surface area contributed by atoms with E-state index < -0.39 is 5.82 Å². The van der Waals surface area contributed by atoms with Crippen molar-refractivity contribution in [2.24, 2.45) is 0 Å². The lowest BCUT2D eigenvalue weighted by atomic mass is 10.1. The van der Waals surface area contributed by atoms with E-state index in [-0.39, 0.29) is 5.75 Å². The largest absolute Gasteiger partial charge is 0.489 e. The second-order valence-corrected chi connectivity index (χ2v) is 8.29. The first-order valence-electron chi connectivity index (χ1n) is 11.2. The third-order valence-corrected chi connectivity index (χ3v) is 5.38. The van der Waals surface area contributed by atoms with Crippen LogP contribution in [0.4, 0.5) is 10.1 Å². The van der Waals surface area contributed by atoms with Crippen LogP contribution in [0.25, 0.3) is 10.9 Å². The molecule has 3 aromatic rings. The first-order chi connectivity index (χ1) is 16.0. The number of hydrogen-bond acceptors (Lipinski definition) is 7. The molecule has 4 rings (SSSR count). The molecule has 2 N–H and O–H groups in total. The van der Waals surface area contributed by atoms with E-state index in [9.17, 15) is 4.39 Å². The highest BCUT2D eigenvalue weighted by Gasteiger charge is 2.25. The summed E-state index contributed by atoms with van der Waals surface area (Å²) in [5, 5.41) is 0.611. The van der Waals surface area contributed by atoms with Crippen molar-refractivity contribution in [2.45, 2.75) is 25.7 Å². The Kier molecular flexibility index (Phi) is 7.34. The van der Waals surface area contributed by atoms with Crippen molar-refractivity contribution in [1.29, 1.82) is 0 Å². The molecule has 0 radical (unpaired) electrons. The van der Waals surface area contributed by atoms with Crippen LogP contribution < -0.4 is 24.7 Å². The first-order valence-corrected chi connectivity index (χ1v) is 11.2. The maximum atomic E-state index is 14.3. The third-order valence-electron chi connectivity index (χ3n) is 5.38. The van der Waals surface area contributed by atoms with E-state index in [2.05, 4.69) is 24.0 Å². The van der Waals surface area contributed by atoms with Gasteiger partial charge in [-0.25, -0.2) is 4.39 Å². The molecule has 8 heteroatoms. The van der Waals surface area contributed by atoms with Crippen molar-refractivity contribution in [1.82, 2.24) is 9.88 Å². The van der Waals surface area contributed by atoms with Crippen molar-refractivity contribution in [3.8, 4) is 28.7 Å². The van der Waals surface area contributed by atoms with Gasteiger partial charge in [0.15, 0.2) is 23.1 Å². The Balaban J connectivity index is 1.54. The van der Waals surface area contributed by atoms with Crippen LogP contribution in [0.15, 0.2) is 36.5 Å². The van der Waals surface area contributed by atoms with Crippen molar-refractivity contribution >= 4 is 16.6 Å². The van der Waals surface area contributed by atoms with Crippen molar-refractivity contribution < 1.29 is 23.3 Å². The molecule has 0 saturated carbocycles. The van der Waals surface area contributed by atoms with Crippen molar-refractivity contribution in [3.05, 3.63) is 42.3 Å². The molecule has 1 aromatic heterocycles. The number of ether oxygens (including phenoxy) is 4. The van der Waals surface area contributed by atoms with Crippen molar-refractivity contribution in [2.75, 3.05) is 46.2 Å². The Hall–Kier alpha value is -3.26. The van der Waals surface area contributed by atoms with E-state index in [1.807, 2.05) is 6.07 Å². The molecule has 2 heterocycles. The Morgan fingerprint density at radius 2 is 1.76 bits per heavy atom. The summed E-state index contributed by atoms with van der Waals surface area (Å²) in [7, 11) is 4.18. The molecule has 0 bridgehead atoms. The predicted molar refractivity (Wildman–Crippen MR) is 126 cm³/mol. The number of anilines is 1. The van der Waals surface area contributed by atoms with Gasteiger partial charge in [-0.2, -0.15) is 0 Å². The highest BCUT2D eigenvalue weighted by atomic mass is 19.1. The fraction of sp³-hybridized carbons (Fsp3) is 0.400. The number of benzene rings is 2. The van der Waals surface area contributed by atoms with Crippen LogP contribution in [0.3, 0.4) is 0 Å². The molecular weight excluding hydrogens is 425 g/mol. The maximum absolute atomic E-state index is 14.3. The molecule has 7 nitrogen and oxygen atoms in total. The molecule has 0 atom stereocenters. The lowest BCUT2D eigenvalue weighted by Gasteiger charge is -2.23. The highest BCUT2D eigenvalue weighted by Crippen LogP contribution is 2.48. The average Bonchev–Trinajstić information content (AvgIpc) is 2.80. The molecule has 0 fully saturated rings. The van der Waals surface area contributed by atoms with Gasteiger partial charge in [-0.15, -0.1) is 0 Å². The predicted octanol–water partition coefficient (Wildman–Crippen LogP) is 5.02. The van der Waals surface area contributed by atoms with Crippen LogP contribution in [-0.2, 0) is 0 Å². The zero-order chi connectivity index (χ0) is 23.2. The van der Waals surface area contributed by atoms with E-state index in [4.69, 9.17) is 24.7 Å². The standard InChI is InChI=1S/C25H30FN3O4/c1-29(2)11-5-3-4-6-12-30-22-16-19-23(25-24(22)31-13-14-32-25)21(9-10-28-19)33-20-8-7-17(27)15-18(20)26/h7-10,15-16H,3-6,11-14,27H2,1-2H3. The second kappa shape index (κ2) is 10.6. The third kappa shape index (κ3) is 5.57. The Labute approximate surface area is 193 Å². The van der Waals surface area contributed by atoms with Crippen LogP contribution in [0.5, 0.6) is 28.7 Å². The lowest BCUT2D eigenvalue weighted by molar-refractivity contribution is 0.163. The minimum Gasteiger partial charge on any atom is -0.489 e. The van der Waals surface area contributed by atoms with Gasteiger partial charge < -0.3 is 29.6 Å². The number of aromatic nitrogens is 1. The number of nitrogens with zero attached hydrogens (tertiary/aromatic N) is 2. The van der Waals surface area contributed by atoms with E-state index in [1.54, 1.807) is 18.3 Å². The SMILES string of the molecule is CN(C)CCCCCCOc1cc2nccc(Oc3ccc(N)cc3F)c2c2c1OCCO2. The Morgan fingerprint density at radius 3 is 2.55 bits per heavy atom. The molecule has 0 amide bonds. The molecule has 1 aliphatic rings. The van der Waals surface area contributed by atoms with Gasteiger partial charge >= 0.3 is 0 Å². The summed E-state index contributed by atoms with van der Waals surface area (Å²) in [4.78, 5) is 6.66. The van der Waals surface area contributed by atoms with Crippen LogP contribution in [-0.4, -0.2) is 50.3 Å². The topological polar surface area (TPSA) is 79.1 Å². The lowest BCUT2D eigenvalue weighted by Crippen LogP contribution is -2.17. The van der Waals surface area contributed by atoms with Gasteiger partial charge in [0, 0.05) is 24.0 Å². The van der Waals surface area contributed by atoms with Gasteiger partial charge in [0.25, 0.3) is 0 Å². The second-order valence-electron chi connectivity index (χ2n) is 8.29. The van der Waals surface area contributed by atoms with E-state index in [1.165, 1.54) is 25.0 Å². The van der Waals surface area contributed by atoms with E-state index in [0.29, 0.717) is 59.4 Å².